The summed E-state index contributed by atoms with van der Waals surface area (Å²) in [6.07, 6.45) is 2.29. The molecule has 10 heteroatoms. The molecular formula is C23H21ClN6O2S. The number of rotatable bonds is 9. The number of nitrogens with zero attached hydrogens (tertiary/aromatic N) is 4. The molecule has 4 aromatic rings. The second kappa shape index (κ2) is 9.68. The van der Waals surface area contributed by atoms with Crippen LogP contribution < -0.4 is 10.1 Å². The molecule has 33 heavy (non-hydrogen) atoms. The van der Waals surface area contributed by atoms with Crippen LogP contribution in [0.4, 0.5) is 5.82 Å². The van der Waals surface area contributed by atoms with Crippen molar-refractivity contribution in [2.24, 2.45) is 0 Å². The third kappa shape index (κ3) is 5.55. The molecule has 0 aliphatic heterocycles. The second-order valence-corrected chi connectivity index (χ2v) is 9.00. The van der Waals surface area contributed by atoms with Crippen LogP contribution in [0.1, 0.15) is 30.3 Å². The van der Waals surface area contributed by atoms with E-state index < -0.39 is 0 Å². The fraction of sp³-hybridized carbons (Fsp3) is 0.217. The lowest BCUT2D eigenvalue weighted by Crippen LogP contribution is -2.17. The van der Waals surface area contributed by atoms with Crippen molar-refractivity contribution in [1.82, 2.24) is 25.0 Å². The molecule has 168 valence electrons. The van der Waals surface area contributed by atoms with Gasteiger partial charge in [-0.1, -0.05) is 41.6 Å². The number of nitrogens with one attached hydrogen (secondary N) is 2. The largest absolute Gasteiger partial charge is 0.486 e. The summed E-state index contributed by atoms with van der Waals surface area (Å²) in [5.41, 5.74) is 1.92. The van der Waals surface area contributed by atoms with E-state index in [0.717, 1.165) is 24.2 Å². The zero-order valence-corrected chi connectivity index (χ0v) is 19.1. The van der Waals surface area contributed by atoms with E-state index in [-0.39, 0.29) is 18.3 Å². The van der Waals surface area contributed by atoms with Crippen LogP contribution in [0.25, 0.3) is 5.69 Å². The van der Waals surface area contributed by atoms with Crippen LogP contribution in [0.2, 0.25) is 5.02 Å². The number of H-pyrrole nitrogens is 1. The maximum atomic E-state index is 12.6. The maximum absolute atomic E-state index is 12.6. The highest BCUT2D eigenvalue weighted by atomic mass is 35.5. The third-order valence-corrected chi connectivity index (χ3v) is 6.12. The third-order valence-electron chi connectivity index (χ3n) is 5.02. The molecule has 8 nitrogen and oxygen atoms in total. The van der Waals surface area contributed by atoms with Crippen molar-refractivity contribution in [2.75, 3.05) is 11.1 Å². The zero-order chi connectivity index (χ0) is 22.6. The average Bonchev–Trinajstić information content (AvgIpc) is 3.44. The zero-order valence-electron chi connectivity index (χ0n) is 17.6. The lowest BCUT2D eigenvalue weighted by Gasteiger charge is -2.08. The number of aromatic nitrogens is 5. The molecule has 0 radical (unpaired) electrons. The Morgan fingerprint density at radius 1 is 1.18 bits per heavy atom. The van der Waals surface area contributed by atoms with E-state index in [1.165, 1.54) is 11.8 Å². The van der Waals surface area contributed by atoms with Crippen LogP contribution in [0, 0.1) is 0 Å². The fourth-order valence-corrected chi connectivity index (χ4v) is 3.97. The molecule has 5 rings (SSSR count). The number of aromatic amines is 1. The maximum Gasteiger partial charge on any atom is 0.236 e. The highest BCUT2D eigenvalue weighted by Crippen LogP contribution is 2.40. The van der Waals surface area contributed by atoms with Crippen LogP contribution >= 0.6 is 23.4 Å². The quantitative estimate of drug-likeness (QED) is 0.333. The van der Waals surface area contributed by atoms with Crippen molar-refractivity contribution >= 4 is 35.1 Å². The molecule has 1 fully saturated rings. The molecule has 0 saturated heterocycles. The van der Waals surface area contributed by atoms with E-state index >= 15 is 0 Å². The number of hydrogen-bond donors (Lipinski definition) is 2. The number of carbonyl (C=O) groups excluding carboxylic acids is 1. The van der Waals surface area contributed by atoms with Crippen molar-refractivity contribution < 1.29 is 9.53 Å². The van der Waals surface area contributed by atoms with Gasteiger partial charge in [-0.05, 0) is 49.2 Å². The minimum Gasteiger partial charge on any atom is -0.486 e. The van der Waals surface area contributed by atoms with Crippen LogP contribution in [0.3, 0.4) is 0 Å². The standard InChI is InChI=1S/C23H21ClN6O2S/c24-16-8-10-18(11-9-16)32-13-20-25-23(28-27-20)33-14-22(31)26-21-12-19(15-6-7-15)29-30(21)17-4-2-1-3-5-17/h1-5,8-12,15H,6-7,13-14H2,(H,26,31)(H,25,27,28). The van der Waals surface area contributed by atoms with E-state index in [4.69, 9.17) is 21.4 Å². The number of benzene rings is 2. The van der Waals surface area contributed by atoms with Crippen LogP contribution in [-0.2, 0) is 11.4 Å². The Morgan fingerprint density at radius 3 is 2.73 bits per heavy atom. The molecule has 0 bridgehead atoms. The van der Waals surface area contributed by atoms with E-state index in [9.17, 15) is 4.79 Å². The first-order valence-electron chi connectivity index (χ1n) is 10.5. The van der Waals surface area contributed by atoms with Crippen molar-refractivity contribution in [3.8, 4) is 11.4 Å². The lowest BCUT2D eigenvalue weighted by molar-refractivity contribution is -0.113. The van der Waals surface area contributed by atoms with Crippen molar-refractivity contribution in [1.29, 1.82) is 0 Å². The number of anilines is 1. The second-order valence-electron chi connectivity index (χ2n) is 7.62. The molecule has 1 aliphatic carbocycles. The van der Waals surface area contributed by atoms with Gasteiger partial charge in [0.25, 0.3) is 0 Å². The van der Waals surface area contributed by atoms with Gasteiger partial charge in [-0.3, -0.25) is 9.89 Å². The highest BCUT2D eigenvalue weighted by Gasteiger charge is 2.28. The number of para-hydroxylation sites is 1. The summed E-state index contributed by atoms with van der Waals surface area (Å²) in [6.45, 7) is 0.238. The van der Waals surface area contributed by atoms with Gasteiger partial charge in [0.1, 0.15) is 18.2 Å². The molecule has 2 aromatic heterocycles. The molecule has 0 atom stereocenters. The number of ether oxygens (including phenoxy) is 1. The molecule has 2 heterocycles. The minimum atomic E-state index is -0.150. The number of thioether (sulfide) groups is 1. The SMILES string of the molecule is O=C(CSc1n[nH]c(COc2ccc(Cl)cc2)n1)Nc1cc(C2CC2)nn1-c1ccccc1. The lowest BCUT2D eigenvalue weighted by atomic mass is 10.3. The molecule has 2 aromatic carbocycles. The molecular weight excluding hydrogens is 460 g/mol. The predicted octanol–water partition coefficient (Wildman–Crippen LogP) is 4.83. The molecule has 1 amide bonds. The monoisotopic (exact) mass is 480 g/mol. The van der Waals surface area contributed by atoms with Gasteiger partial charge in [-0.25, -0.2) is 9.67 Å². The van der Waals surface area contributed by atoms with Gasteiger partial charge >= 0.3 is 0 Å². The summed E-state index contributed by atoms with van der Waals surface area (Å²) in [4.78, 5) is 17.0. The van der Waals surface area contributed by atoms with Crippen molar-refractivity contribution in [2.45, 2.75) is 30.5 Å². The smallest absolute Gasteiger partial charge is 0.236 e. The predicted molar refractivity (Wildman–Crippen MR) is 127 cm³/mol. The molecule has 0 unspecified atom stereocenters. The van der Waals surface area contributed by atoms with Gasteiger partial charge in [-0.2, -0.15) is 5.10 Å². The van der Waals surface area contributed by atoms with Crippen LogP contribution in [-0.4, -0.2) is 36.6 Å². The Bertz CT molecular complexity index is 1240. The van der Waals surface area contributed by atoms with Gasteiger partial charge in [0, 0.05) is 17.0 Å². The van der Waals surface area contributed by atoms with Crippen LogP contribution in [0.5, 0.6) is 5.75 Å². The summed E-state index contributed by atoms with van der Waals surface area (Å²) < 4.78 is 7.44. The van der Waals surface area contributed by atoms with E-state index in [1.54, 1.807) is 28.9 Å². The Labute approximate surface area is 199 Å². The van der Waals surface area contributed by atoms with Gasteiger partial charge in [0.05, 0.1) is 17.1 Å². The molecule has 0 spiro atoms. The topological polar surface area (TPSA) is 97.7 Å². The number of halogens is 1. The van der Waals surface area contributed by atoms with Crippen molar-refractivity contribution in [3.05, 3.63) is 77.2 Å². The number of hydrogen-bond acceptors (Lipinski definition) is 6. The minimum absolute atomic E-state index is 0.150. The molecule has 1 saturated carbocycles. The summed E-state index contributed by atoms with van der Waals surface area (Å²) in [5.74, 6) is 2.44. The summed E-state index contributed by atoms with van der Waals surface area (Å²) in [6, 6.07) is 18.8. The number of carbonyl (C=O) groups is 1. The average molecular weight is 481 g/mol. The summed E-state index contributed by atoms with van der Waals surface area (Å²) in [7, 11) is 0. The Hall–Kier alpha value is -3.30. The Morgan fingerprint density at radius 2 is 1.97 bits per heavy atom. The molecule has 2 N–H and O–H groups in total. The Balaban J connectivity index is 1.17. The summed E-state index contributed by atoms with van der Waals surface area (Å²) >= 11 is 7.13. The van der Waals surface area contributed by atoms with Crippen LogP contribution in [0.15, 0.2) is 65.8 Å². The van der Waals surface area contributed by atoms with Gasteiger partial charge in [0.2, 0.25) is 11.1 Å². The normalized spacial score (nSPS) is 13.1. The molecule has 1 aliphatic rings. The van der Waals surface area contributed by atoms with Gasteiger partial charge < -0.3 is 10.1 Å². The van der Waals surface area contributed by atoms with Crippen molar-refractivity contribution in [3.63, 3.8) is 0 Å². The van der Waals surface area contributed by atoms with E-state index in [0.29, 0.717) is 33.5 Å². The van der Waals surface area contributed by atoms with Gasteiger partial charge in [-0.15, -0.1) is 5.10 Å². The fourth-order valence-electron chi connectivity index (χ4n) is 3.23. The van der Waals surface area contributed by atoms with E-state index in [1.807, 2.05) is 36.4 Å². The first kappa shape index (κ1) is 21.5. The summed E-state index contributed by atoms with van der Waals surface area (Å²) in [5, 5.41) is 15.8. The number of amides is 1. The van der Waals surface area contributed by atoms with Gasteiger partial charge in [0.15, 0.2) is 5.82 Å². The Kier molecular flexibility index (Phi) is 6.32. The first-order valence-corrected chi connectivity index (χ1v) is 11.9. The van der Waals surface area contributed by atoms with E-state index in [2.05, 4.69) is 20.5 Å². The first-order chi connectivity index (χ1) is 16.1. The highest BCUT2D eigenvalue weighted by molar-refractivity contribution is 7.99.